The SMILES string of the molecule is CC[C@@H](Oc1cccc2ccccc12)C(=O)NC1CCCCC1. The minimum Gasteiger partial charge on any atom is -0.480 e. The van der Waals surface area contributed by atoms with Crippen molar-refractivity contribution in [1.29, 1.82) is 0 Å². The molecule has 2 aromatic rings. The Morgan fingerprint density at radius 3 is 2.65 bits per heavy atom. The van der Waals surface area contributed by atoms with Gasteiger partial charge >= 0.3 is 0 Å². The summed E-state index contributed by atoms with van der Waals surface area (Å²) in [5.41, 5.74) is 0. The molecule has 3 rings (SSSR count). The first kappa shape index (κ1) is 15.9. The summed E-state index contributed by atoms with van der Waals surface area (Å²) in [7, 11) is 0. The molecular weight excluding hydrogens is 286 g/mol. The summed E-state index contributed by atoms with van der Waals surface area (Å²) in [6.45, 7) is 2.00. The molecule has 122 valence electrons. The standard InChI is InChI=1S/C20H25NO2/c1-2-18(20(22)21-16-11-4-3-5-12-16)23-19-14-8-10-15-9-6-7-13-17(15)19/h6-10,13-14,16,18H,2-5,11-12H2,1H3,(H,21,22)/t18-/m1/s1. The van der Waals surface area contributed by atoms with Crippen LogP contribution in [-0.4, -0.2) is 18.1 Å². The van der Waals surface area contributed by atoms with Gasteiger partial charge in [-0.25, -0.2) is 0 Å². The highest BCUT2D eigenvalue weighted by Crippen LogP contribution is 2.26. The summed E-state index contributed by atoms with van der Waals surface area (Å²) >= 11 is 0. The lowest BCUT2D eigenvalue weighted by Crippen LogP contribution is -2.44. The van der Waals surface area contributed by atoms with Crippen molar-refractivity contribution in [2.24, 2.45) is 0 Å². The number of hydrogen-bond donors (Lipinski definition) is 1. The lowest BCUT2D eigenvalue weighted by molar-refractivity contribution is -0.129. The van der Waals surface area contributed by atoms with Gasteiger partial charge in [0.1, 0.15) is 5.75 Å². The third-order valence-electron chi connectivity index (χ3n) is 4.63. The Hall–Kier alpha value is -2.03. The molecule has 3 nitrogen and oxygen atoms in total. The second-order valence-corrected chi connectivity index (χ2v) is 6.34. The number of carbonyl (C=O) groups is 1. The number of nitrogens with one attached hydrogen (secondary N) is 1. The van der Waals surface area contributed by atoms with Gasteiger partial charge in [-0.2, -0.15) is 0 Å². The molecule has 1 aliphatic rings. The van der Waals surface area contributed by atoms with E-state index in [1.54, 1.807) is 0 Å². The Morgan fingerprint density at radius 2 is 1.87 bits per heavy atom. The number of benzene rings is 2. The zero-order valence-corrected chi connectivity index (χ0v) is 13.8. The highest BCUT2D eigenvalue weighted by Gasteiger charge is 2.23. The molecule has 0 aromatic heterocycles. The molecule has 0 radical (unpaired) electrons. The summed E-state index contributed by atoms with van der Waals surface area (Å²) in [5, 5.41) is 5.36. The van der Waals surface area contributed by atoms with Crippen molar-refractivity contribution in [3.05, 3.63) is 42.5 Å². The molecule has 0 saturated heterocycles. The molecule has 1 fully saturated rings. The van der Waals surface area contributed by atoms with Crippen LogP contribution in [0.4, 0.5) is 0 Å². The highest BCUT2D eigenvalue weighted by molar-refractivity contribution is 5.89. The third-order valence-corrected chi connectivity index (χ3v) is 4.63. The van der Waals surface area contributed by atoms with Crippen molar-refractivity contribution in [1.82, 2.24) is 5.32 Å². The Morgan fingerprint density at radius 1 is 1.13 bits per heavy atom. The maximum Gasteiger partial charge on any atom is 0.261 e. The van der Waals surface area contributed by atoms with Crippen molar-refractivity contribution >= 4 is 16.7 Å². The average molecular weight is 311 g/mol. The first-order valence-electron chi connectivity index (χ1n) is 8.72. The van der Waals surface area contributed by atoms with E-state index in [2.05, 4.69) is 17.4 Å². The van der Waals surface area contributed by atoms with Crippen LogP contribution in [0.5, 0.6) is 5.75 Å². The molecular formula is C20H25NO2. The van der Waals surface area contributed by atoms with Crippen molar-refractivity contribution < 1.29 is 9.53 Å². The van der Waals surface area contributed by atoms with Gasteiger partial charge in [-0.1, -0.05) is 62.6 Å². The number of fused-ring (bicyclic) bond motifs is 1. The van der Waals surface area contributed by atoms with E-state index in [4.69, 9.17) is 4.74 Å². The topological polar surface area (TPSA) is 38.3 Å². The summed E-state index contributed by atoms with van der Waals surface area (Å²) in [4.78, 5) is 12.5. The lowest BCUT2D eigenvalue weighted by atomic mass is 9.95. The van der Waals surface area contributed by atoms with Crippen LogP contribution in [0.1, 0.15) is 45.4 Å². The monoisotopic (exact) mass is 311 g/mol. The molecule has 3 heteroatoms. The maximum atomic E-state index is 12.5. The molecule has 0 unspecified atom stereocenters. The van der Waals surface area contributed by atoms with E-state index >= 15 is 0 Å². The number of hydrogen-bond acceptors (Lipinski definition) is 2. The van der Waals surface area contributed by atoms with Crippen molar-refractivity contribution in [3.63, 3.8) is 0 Å². The first-order valence-corrected chi connectivity index (χ1v) is 8.72. The second kappa shape index (κ2) is 7.49. The summed E-state index contributed by atoms with van der Waals surface area (Å²) < 4.78 is 6.07. The molecule has 0 aliphatic heterocycles. The number of rotatable bonds is 5. The molecule has 1 aliphatic carbocycles. The van der Waals surface area contributed by atoms with Crippen LogP contribution in [0.25, 0.3) is 10.8 Å². The summed E-state index contributed by atoms with van der Waals surface area (Å²) in [6.07, 6.45) is 6.14. The first-order chi connectivity index (χ1) is 11.3. The van der Waals surface area contributed by atoms with Gasteiger partial charge in [-0.15, -0.1) is 0 Å². The molecule has 1 saturated carbocycles. The van der Waals surface area contributed by atoms with E-state index < -0.39 is 6.10 Å². The molecule has 0 heterocycles. The predicted octanol–water partition coefficient (Wildman–Crippen LogP) is 4.45. The third kappa shape index (κ3) is 3.84. The van der Waals surface area contributed by atoms with E-state index in [1.165, 1.54) is 19.3 Å². The van der Waals surface area contributed by atoms with E-state index in [0.717, 1.165) is 29.4 Å². The minimum atomic E-state index is -0.428. The van der Waals surface area contributed by atoms with E-state index in [-0.39, 0.29) is 5.91 Å². The van der Waals surface area contributed by atoms with Crippen LogP contribution in [0, 0.1) is 0 Å². The Balaban J connectivity index is 1.71. The van der Waals surface area contributed by atoms with Gasteiger partial charge in [0.2, 0.25) is 0 Å². The fourth-order valence-corrected chi connectivity index (χ4v) is 3.32. The smallest absolute Gasteiger partial charge is 0.261 e. The van der Waals surface area contributed by atoms with E-state index in [9.17, 15) is 4.79 Å². The lowest BCUT2D eigenvalue weighted by Gasteiger charge is -2.25. The van der Waals surface area contributed by atoms with Crippen LogP contribution < -0.4 is 10.1 Å². The molecule has 0 spiro atoms. The molecule has 1 atom stereocenters. The van der Waals surface area contributed by atoms with Gasteiger partial charge in [0.25, 0.3) is 5.91 Å². The van der Waals surface area contributed by atoms with E-state index in [1.807, 2.05) is 37.3 Å². The van der Waals surface area contributed by atoms with Gasteiger partial charge in [0.15, 0.2) is 6.10 Å². The minimum absolute atomic E-state index is 0.0207. The fraction of sp³-hybridized carbons (Fsp3) is 0.450. The predicted molar refractivity (Wildman–Crippen MR) is 93.7 cm³/mol. The van der Waals surface area contributed by atoms with Crippen LogP contribution in [0.15, 0.2) is 42.5 Å². The normalized spacial score (nSPS) is 16.9. The molecule has 0 bridgehead atoms. The summed E-state index contributed by atoms with van der Waals surface area (Å²) in [5.74, 6) is 0.807. The average Bonchev–Trinajstić information content (AvgIpc) is 2.60. The van der Waals surface area contributed by atoms with Gasteiger partial charge in [0, 0.05) is 11.4 Å². The van der Waals surface area contributed by atoms with Crippen molar-refractivity contribution in [2.45, 2.75) is 57.6 Å². The second-order valence-electron chi connectivity index (χ2n) is 6.34. The van der Waals surface area contributed by atoms with Crippen LogP contribution in [0.3, 0.4) is 0 Å². The Kier molecular flexibility index (Phi) is 5.16. The zero-order valence-electron chi connectivity index (χ0n) is 13.8. The number of ether oxygens (including phenoxy) is 1. The molecule has 1 N–H and O–H groups in total. The van der Waals surface area contributed by atoms with Gasteiger partial charge < -0.3 is 10.1 Å². The maximum absolute atomic E-state index is 12.5. The molecule has 23 heavy (non-hydrogen) atoms. The largest absolute Gasteiger partial charge is 0.480 e. The fourth-order valence-electron chi connectivity index (χ4n) is 3.32. The Bertz CT molecular complexity index is 656. The highest BCUT2D eigenvalue weighted by atomic mass is 16.5. The summed E-state index contributed by atoms with van der Waals surface area (Å²) in [6, 6.07) is 14.4. The quantitative estimate of drug-likeness (QED) is 0.886. The molecule has 2 aromatic carbocycles. The van der Waals surface area contributed by atoms with Crippen molar-refractivity contribution in [3.8, 4) is 5.75 Å². The van der Waals surface area contributed by atoms with Crippen LogP contribution in [-0.2, 0) is 4.79 Å². The molecule has 1 amide bonds. The van der Waals surface area contributed by atoms with Gasteiger partial charge in [0.05, 0.1) is 0 Å². The van der Waals surface area contributed by atoms with Crippen LogP contribution >= 0.6 is 0 Å². The van der Waals surface area contributed by atoms with Gasteiger partial charge in [-0.05, 0) is 30.7 Å². The van der Waals surface area contributed by atoms with Crippen molar-refractivity contribution in [2.75, 3.05) is 0 Å². The van der Waals surface area contributed by atoms with Crippen LogP contribution in [0.2, 0.25) is 0 Å². The van der Waals surface area contributed by atoms with E-state index in [0.29, 0.717) is 12.5 Å². The zero-order chi connectivity index (χ0) is 16.1. The number of carbonyl (C=O) groups excluding carboxylic acids is 1. The van der Waals surface area contributed by atoms with Gasteiger partial charge in [-0.3, -0.25) is 4.79 Å². The number of amides is 1. The Labute approximate surface area is 138 Å².